The second-order valence-electron chi connectivity index (χ2n) is 13.6. The first-order chi connectivity index (χ1) is 23.1. The number of benzene rings is 9. The molecule has 0 aromatic heterocycles. The first kappa shape index (κ1) is 26.5. The molecule has 0 saturated heterocycles. The molecule has 9 aromatic rings. The lowest BCUT2D eigenvalue weighted by Gasteiger charge is -2.23. The first-order valence-corrected chi connectivity index (χ1v) is 16.6. The molecule has 0 bridgehead atoms. The second-order valence-corrected chi connectivity index (χ2v) is 13.6. The van der Waals surface area contributed by atoms with E-state index in [9.17, 15) is 0 Å². The van der Waals surface area contributed by atoms with E-state index in [1.165, 1.54) is 98.4 Å². The summed E-state index contributed by atoms with van der Waals surface area (Å²) < 4.78 is 0. The zero-order valence-electron chi connectivity index (χ0n) is 26.5. The van der Waals surface area contributed by atoms with E-state index < -0.39 is 0 Å². The van der Waals surface area contributed by atoms with Crippen LogP contribution in [0.25, 0.3) is 87.2 Å². The third kappa shape index (κ3) is 3.64. The van der Waals surface area contributed by atoms with Crippen LogP contribution >= 0.6 is 0 Å². The normalized spacial score (nSPS) is 13.5. The van der Waals surface area contributed by atoms with Crippen LogP contribution in [0.1, 0.15) is 25.0 Å². The van der Waals surface area contributed by atoms with Gasteiger partial charge in [-0.25, -0.2) is 0 Å². The Labute approximate surface area is 274 Å². The maximum atomic E-state index is 2.47. The predicted molar refractivity (Wildman–Crippen MR) is 202 cm³/mol. The Morgan fingerprint density at radius 1 is 0.298 bits per heavy atom. The Morgan fingerprint density at radius 2 is 0.681 bits per heavy atom. The summed E-state index contributed by atoms with van der Waals surface area (Å²) in [4.78, 5) is 0. The Hall–Kier alpha value is -5.72. The van der Waals surface area contributed by atoms with Crippen LogP contribution in [0.4, 0.5) is 0 Å². The van der Waals surface area contributed by atoms with Gasteiger partial charge in [0.2, 0.25) is 0 Å². The zero-order chi connectivity index (χ0) is 31.3. The zero-order valence-corrected chi connectivity index (χ0v) is 26.5. The van der Waals surface area contributed by atoms with E-state index in [0.717, 1.165) is 0 Å². The third-order valence-corrected chi connectivity index (χ3v) is 10.8. The average Bonchev–Trinajstić information content (AvgIpc) is 3.36. The van der Waals surface area contributed by atoms with E-state index in [2.05, 4.69) is 172 Å². The van der Waals surface area contributed by atoms with Crippen molar-refractivity contribution in [1.82, 2.24) is 0 Å². The highest BCUT2D eigenvalue weighted by Crippen LogP contribution is 2.51. The molecule has 0 amide bonds. The number of hydrogen-bond donors (Lipinski definition) is 0. The fourth-order valence-corrected chi connectivity index (χ4v) is 8.67. The molecule has 47 heavy (non-hydrogen) atoms. The number of hydrogen-bond acceptors (Lipinski definition) is 0. The van der Waals surface area contributed by atoms with Gasteiger partial charge in [0, 0.05) is 5.41 Å². The molecule has 9 aromatic carbocycles. The monoisotopic (exact) mass is 596 g/mol. The van der Waals surface area contributed by atoms with Crippen molar-refractivity contribution in [2.75, 3.05) is 0 Å². The van der Waals surface area contributed by atoms with Crippen LogP contribution in [0.2, 0.25) is 0 Å². The highest BCUT2D eigenvalue weighted by Gasteiger charge is 2.35. The van der Waals surface area contributed by atoms with Crippen LogP contribution in [-0.4, -0.2) is 0 Å². The van der Waals surface area contributed by atoms with Crippen LogP contribution in [-0.2, 0) is 5.41 Å². The topological polar surface area (TPSA) is 0 Å². The molecule has 220 valence electrons. The van der Waals surface area contributed by atoms with Crippen molar-refractivity contribution in [1.29, 1.82) is 0 Å². The van der Waals surface area contributed by atoms with Gasteiger partial charge in [-0.2, -0.15) is 0 Å². The van der Waals surface area contributed by atoms with Gasteiger partial charge >= 0.3 is 0 Å². The quantitative estimate of drug-likeness (QED) is 0.138. The molecular weight excluding hydrogens is 565 g/mol. The summed E-state index contributed by atoms with van der Waals surface area (Å²) in [6.45, 7) is 4.74. The Kier molecular flexibility index (Phi) is 5.44. The van der Waals surface area contributed by atoms with Gasteiger partial charge in [-0.15, -0.1) is 0 Å². The summed E-state index contributed by atoms with van der Waals surface area (Å²) in [7, 11) is 0. The molecule has 0 N–H and O–H groups in total. The van der Waals surface area contributed by atoms with Crippen LogP contribution in [0, 0.1) is 0 Å². The SMILES string of the molecule is CC1(C)c2ccccc2-c2ccc(-c3c4ccccc4c(-c4ccc5c6ccccc6c6ccccc6c5c4)c4ccccc34)cc21. The van der Waals surface area contributed by atoms with Gasteiger partial charge in [-0.1, -0.05) is 159 Å². The summed E-state index contributed by atoms with van der Waals surface area (Å²) in [6, 6.07) is 58.9. The Balaban J connectivity index is 1.27. The molecule has 0 radical (unpaired) electrons. The van der Waals surface area contributed by atoms with E-state index in [1.807, 2.05) is 0 Å². The smallest absolute Gasteiger partial charge is 0.0159 e. The average molecular weight is 597 g/mol. The highest BCUT2D eigenvalue weighted by molar-refractivity contribution is 6.27. The van der Waals surface area contributed by atoms with Crippen molar-refractivity contribution in [3.05, 3.63) is 169 Å². The van der Waals surface area contributed by atoms with Crippen molar-refractivity contribution in [3.63, 3.8) is 0 Å². The van der Waals surface area contributed by atoms with E-state index in [4.69, 9.17) is 0 Å². The minimum absolute atomic E-state index is 0.0501. The molecule has 0 saturated carbocycles. The van der Waals surface area contributed by atoms with Crippen LogP contribution < -0.4 is 0 Å². The fraction of sp³-hybridized carbons (Fsp3) is 0.0638. The maximum Gasteiger partial charge on any atom is 0.0159 e. The molecule has 0 unspecified atom stereocenters. The molecule has 0 heteroatoms. The maximum absolute atomic E-state index is 2.47. The molecule has 0 heterocycles. The minimum atomic E-state index is -0.0501. The molecule has 0 aliphatic heterocycles. The van der Waals surface area contributed by atoms with Crippen molar-refractivity contribution in [2.24, 2.45) is 0 Å². The Bertz CT molecular complexity index is 2670. The van der Waals surface area contributed by atoms with Gasteiger partial charge in [0.05, 0.1) is 0 Å². The lowest BCUT2D eigenvalue weighted by Crippen LogP contribution is -2.14. The van der Waals surface area contributed by atoms with Gasteiger partial charge in [0.1, 0.15) is 0 Å². The van der Waals surface area contributed by atoms with Crippen molar-refractivity contribution >= 4 is 53.9 Å². The van der Waals surface area contributed by atoms with E-state index in [0.29, 0.717) is 0 Å². The van der Waals surface area contributed by atoms with Crippen molar-refractivity contribution in [2.45, 2.75) is 19.3 Å². The lowest BCUT2D eigenvalue weighted by atomic mass is 9.80. The predicted octanol–water partition coefficient (Wildman–Crippen LogP) is 13.1. The van der Waals surface area contributed by atoms with E-state index in [1.54, 1.807) is 0 Å². The molecule has 0 nitrogen and oxygen atoms in total. The molecule has 0 atom stereocenters. The lowest BCUT2D eigenvalue weighted by molar-refractivity contribution is 0.660. The summed E-state index contributed by atoms with van der Waals surface area (Å²) in [6.07, 6.45) is 0. The van der Waals surface area contributed by atoms with Crippen LogP contribution in [0.3, 0.4) is 0 Å². The van der Waals surface area contributed by atoms with Crippen LogP contribution in [0.5, 0.6) is 0 Å². The molecule has 0 fully saturated rings. The van der Waals surface area contributed by atoms with Gasteiger partial charge < -0.3 is 0 Å². The van der Waals surface area contributed by atoms with Gasteiger partial charge in [-0.3, -0.25) is 0 Å². The van der Waals surface area contributed by atoms with Crippen molar-refractivity contribution in [3.8, 4) is 33.4 Å². The number of fused-ring (bicyclic) bond motifs is 11. The second kappa shape index (κ2) is 9.64. The molecular formula is C47H32. The van der Waals surface area contributed by atoms with Gasteiger partial charge in [0.15, 0.2) is 0 Å². The summed E-state index contributed by atoms with van der Waals surface area (Å²) >= 11 is 0. The number of rotatable bonds is 2. The Morgan fingerprint density at radius 3 is 1.23 bits per heavy atom. The standard InChI is InChI=1S/C47H32/c1-47(2)43-22-12-11-17-36(43)37-26-24-30(28-44(37)47)46-40-20-9-7-18-38(40)45(39-19-8-10-21-41(39)46)29-23-25-35-33-15-4-3-13-31(33)32-14-5-6-16-34(32)42(35)27-29/h3-28H,1-2H3. The molecule has 0 spiro atoms. The first-order valence-electron chi connectivity index (χ1n) is 16.6. The minimum Gasteiger partial charge on any atom is -0.0619 e. The van der Waals surface area contributed by atoms with Crippen molar-refractivity contribution < 1.29 is 0 Å². The highest BCUT2D eigenvalue weighted by atomic mass is 14.4. The third-order valence-electron chi connectivity index (χ3n) is 10.8. The molecule has 1 aliphatic carbocycles. The summed E-state index contributed by atoms with van der Waals surface area (Å²) in [5.41, 5.74) is 10.6. The molecule has 1 aliphatic rings. The largest absolute Gasteiger partial charge is 0.0619 e. The van der Waals surface area contributed by atoms with E-state index in [-0.39, 0.29) is 5.41 Å². The molecule has 10 rings (SSSR count). The summed E-state index contributed by atoms with van der Waals surface area (Å²) in [5.74, 6) is 0. The summed E-state index contributed by atoms with van der Waals surface area (Å²) in [5, 5.41) is 13.0. The van der Waals surface area contributed by atoms with Gasteiger partial charge in [0.25, 0.3) is 0 Å². The van der Waals surface area contributed by atoms with Crippen LogP contribution in [0.15, 0.2) is 158 Å². The van der Waals surface area contributed by atoms with E-state index >= 15 is 0 Å². The van der Waals surface area contributed by atoms with Gasteiger partial charge in [-0.05, 0) is 111 Å². The fourth-order valence-electron chi connectivity index (χ4n) is 8.67.